The molecule has 2 aromatic rings. The highest BCUT2D eigenvalue weighted by atomic mass is 16.4. The Balaban J connectivity index is 2.86. The Morgan fingerprint density at radius 2 is 2.36 bits per heavy atom. The third-order valence-electron chi connectivity index (χ3n) is 1.97. The van der Waals surface area contributed by atoms with Gasteiger partial charge in [0.25, 0.3) is 0 Å². The average molecular weight is 190 g/mol. The molecular weight excluding hydrogens is 184 g/mol. The molecular formula is C9H6N2O3. The van der Waals surface area contributed by atoms with Crippen molar-refractivity contribution in [2.75, 3.05) is 0 Å². The van der Waals surface area contributed by atoms with Crippen LogP contribution in [-0.4, -0.2) is 27.0 Å². The SMILES string of the molecule is O=Cc1cn(C(=O)O)c2ccncc12. The molecule has 0 fully saturated rings. The molecule has 0 spiro atoms. The molecule has 2 heterocycles. The molecule has 0 radical (unpaired) electrons. The molecule has 2 rings (SSSR count). The highest BCUT2D eigenvalue weighted by Crippen LogP contribution is 2.18. The summed E-state index contributed by atoms with van der Waals surface area (Å²) in [4.78, 5) is 25.2. The fourth-order valence-electron chi connectivity index (χ4n) is 1.35. The van der Waals surface area contributed by atoms with Crippen molar-refractivity contribution in [1.82, 2.24) is 9.55 Å². The maximum absolute atomic E-state index is 10.8. The average Bonchev–Trinajstić information content (AvgIpc) is 2.56. The number of aldehydes is 1. The van der Waals surface area contributed by atoms with Gasteiger partial charge < -0.3 is 5.11 Å². The van der Waals surface area contributed by atoms with Crippen LogP contribution in [0.3, 0.4) is 0 Å². The van der Waals surface area contributed by atoms with E-state index < -0.39 is 6.09 Å². The van der Waals surface area contributed by atoms with Crippen LogP contribution in [0.25, 0.3) is 10.9 Å². The van der Waals surface area contributed by atoms with Gasteiger partial charge in [-0.1, -0.05) is 0 Å². The third-order valence-corrected chi connectivity index (χ3v) is 1.97. The molecule has 2 aromatic heterocycles. The van der Waals surface area contributed by atoms with E-state index in [1.807, 2.05) is 0 Å². The summed E-state index contributed by atoms with van der Waals surface area (Å²) in [5.41, 5.74) is 0.796. The van der Waals surface area contributed by atoms with Crippen LogP contribution in [0.5, 0.6) is 0 Å². The van der Waals surface area contributed by atoms with Gasteiger partial charge >= 0.3 is 6.09 Å². The van der Waals surface area contributed by atoms with Gasteiger partial charge in [-0.25, -0.2) is 4.79 Å². The Morgan fingerprint density at radius 1 is 1.57 bits per heavy atom. The van der Waals surface area contributed by atoms with Gasteiger partial charge in [0.15, 0.2) is 6.29 Å². The van der Waals surface area contributed by atoms with Crippen LogP contribution in [0.15, 0.2) is 24.7 Å². The zero-order valence-electron chi connectivity index (χ0n) is 7.04. The van der Waals surface area contributed by atoms with Crippen LogP contribution >= 0.6 is 0 Å². The fourth-order valence-corrected chi connectivity index (χ4v) is 1.35. The lowest BCUT2D eigenvalue weighted by molar-refractivity contribution is 0.112. The largest absolute Gasteiger partial charge is 0.464 e. The lowest BCUT2D eigenvalue weighted by atomic mass is 10.2. The standard InChI is InChI=1S/C9H6N2O3/c12-5-6-4-11(9(13)14)8-1-2-10-3-7(6)8/h1-5H,(H,13,14). The second-order valence-electron chi connectivity index (χ2n) is 2.75. The first kappa shape index (κ1) is 8.43. The molecule has 0 saturated heterocycles. The van der Waals surface area contributed by atoms with Crippen molar-refractivity contribution in [1.29, 1.82) is 0 Å². The van der Waals surface area contributed by atoms with Gasteiger partial charge in [0, 0.05) is 29.5 Å². The Bertz CT molecular complexity index is 516. The molecule has 0 saturated carbocycles. The zero-order valence-corrected chi connectivity index (χ0v) is 7.04. The summed E-state index contributed by atoms with van der Waals surface area (Å²) in [5, 5.41) is 9.36. The number of carbonyl (C=O) groups excluding carboxylic acids is 1. The number of pyridine rings is 1. The highest BCUT2D eigenvalue weighted by Gasteiger charge is 2.11. The van der Waals surface area contributed by atoms with E-state index >= 15 is 0 Å². The third kappa shape index (κ3) is 1.06. The Kier molecular flexibility index (Phi) is 1.78. The van der Waals surface area contributed by atoms with Crippen LogP contribution in [0.4, 0.5) is 4.79 Å². The molecule has 14 heavy (non-hydrogen) atoms. The van der Waals surface area contributed by atoms with Crippen LogP contribution in [0, 0.1) is 0 Å². The topological polar surface area (TPSA) is 72.2 Å². The van der Waals surface area contributed by atoms with Gasteiger partial charge in [0.05, 0.1) is 5.52 Å². The monoisotopic (exact) mass is 190 g/mol. The van der Waals surface area contributed by atoms with Gasteiger partial charge in [-0.2, -0.15) is 0 Å². The number of nitrogens with zero attached hydrogens (tertiary/aromatic N) is 2. The van der Waals surface area contributed by atoms with Crippen LogP contribution in [0.2, 0.25) is 0 Å². The minimum absolute atomic E-state index is 0.329. The molecule has 1 N–H and O–H groups in total. The molecule has 5 heteroatoms. The van der Waals surface area contributed by atoms with Gasteiger partial charge in [-0.05, 0) is 6.07 Å². The summed E-state index contributed by atoms with van der Waals surface area (Å²) in [6, 6.07) is 1.55. The number of hydrogen-bond donors (Lipinski definition) is 1. The summed E-state index contributed by atoms with van der Waals surface area (Å²) in [6.07, 6.45) is 3.73. The molecule has 0 aliphatic heterocycles. The molecule has 0 bridgehead atoms. The first-order valence-corrected chi connectivity index (χ1v) is 3.87. The number of hydrogen-bond acceptors (Lipinski definition) is 3. The van der Waals surface area contributed by atoms with E-state index in [9.17, 15) is 9.59 Å². The summed E-state index contributed by atoms with van der Waals surface area (Å²) in [7, 11) is 0. The lowest BCUT2D eigenvalue weighted by Gasteiger charge is -1.94. The Morgan fingerprint density at radius 3 is 3.00 bits per heavy atom. The smallest absolute Gasteiger partial charge is 0.416 e. The van der Waals surface area contributed by atoms with Crippen molar-refractivity contribution in [2.45, 2.75) is 0 Å². The van der Waals surface area contributed by atoms with E-state index in [0.717, 1.165) is 4.57 Å². The van der Waals surface area contributed by atoms with Gasteiger partial charge in [0.1, 0.15) is 0 Å². The maximum Gasteiger partial charge on any atom is 0.416 e. The van der Waals surface area contributed by atoms with Gasteiger partial charge in [-0.3, -0.25) is 14.3 Å². The van der Waals surface area contributed by atoms with Crippen molar-refractivity contribution in [3.8, 4) is 0 Å². The first-order chi connectivity index (χ1) is 6.74. The second kappa shape index (κ2) is 2.95. The fraction of sp³-hybridized carbons (Fsp3) is 0. The van der Waals surface area contributed by atoms with Crippen LogP contribution in [0.1, 0.15) is 10.4 Å². The molecule has 0 aliphatic rings. The minimum Gasteiger partial charge on any atom is -0.464 e. The van der Waals surface area contributed by atoms with Gasteiger partial charge in [-0.15, -0.1) is 0 Å². The number of aromatic nitrogens is 2. The number of fused-ring (bicyclic) bond motifs is 1. The lowest BCUT2D eigenvalue weighted by Crippen LogP contribution is -2.05. The second-order valence-corrected chi connectivity index (χ2v) is 2.75. The highest BCUT2D eigenvalue weighted by molar-refractivity contribution is 6.00. The van der Waals surface area contributed by atoms with Crippen molar-refractivity contribution in [3.63, 3.8) is 0 Å². The summed E-state index contributed by atoms with van der Waals surface area (Å²) in [5.74, 6) is 0. The molecule has 0 aromatic carbocycles. The van der Waals surface area contributed by atoms with E-state index in [-0.39, 0.29) is 0 Å². The molecule has 0 unspecified atom stereocenters. The molecule has 0 aliphatic carbocycles. The quantitative estimate of drug-likeness (QED) is 0.689. The van der Waals surface area contributed by atoms with Gasteiger partial charge in [0.2, 0.25) is 0 Å². The Labute approximate surface area is 78.6 Å². The summed E-state index contributed by atoms with van der Waals surface area (Å²) < 4.78 is 1.00. The van der Waals surface area contributed by atoms with Crippen molar-refractivity contribution in [3.05, 3.63) is 30.2 Å². The summed E-state index contributed by atoms with van der Waals surface area (Å²) in [6.45, 7) is 0. The van der Waals surface area contributed by atoms with E-state index in [4.69, 9.17) is 5.11 Å². The normalized spacial score (nSPS) is 10.3. The van der Waals surface area contributed by atoms with Crippen LogP contribution < -0.4 is 0 Å². The van der Waals surface area contributed by atoms with E-state index in [0.29, 0.717) is 22.8 Å². The summed E-state index contributed by atoms with van der Waals surface area (Å²) >= 11 is 0. The number of carbonyl (C=O) groups is 2. The van der Waals surface area contributed by atoms with Crippen molar-refractivity contribution in [2.24, 2.45) is 0 Å². The zero-order chi connectivity index (χ0) is 10.1. The maximum atomic E-state index is 10.8. The van der Waals surface area contributed by atoms with Crippen LogP contribution in [-0.2, 0) is 0 Å². The predicted molar refractivity (Wildman–Crippen MR) is 48.5 cm³/mol. The minimum atomic E-state index is -1.12. The van der Waals surface area contributed by atoms with E-state index in [1.54, 1.807) is 6.07 Å². The molecule has 0 amide bonds. The predicted octanol–water partition coefficient (Wildman–Crippen LogP) is 1.37. The van der Waals surface area contributed by atoms with Crippen molar-refractivity contribution < 1.29 is 14.7 Å². The molecule has 0 atom stereocenters. The number of rotatable bonds is 1. The van der Waals surface area contributed by atoms with E-state index in [2.05, 4.69) is 4.98 Å². The first-order valence-electron chi connectivity index (χ1n) is 3.87. The molecule has 5 nitrogen and oxygen atoms in total. The van der Waals surface area contributed by atoms with Crippen molar-refractivity contribution >= 4 is 23.3 Å². The van der Waals surface area contributed by atoms with E-state index in [1.165, 1.54) is 18.6 Å². The Hall–Kier alpha value is -2.17. The molecule has 70 valence electrons. The number of carboxylic acid groups (broad SMARTS) is 1.